The third-order valence-electron chi connectivity index (χ3n) is 3.68. The quantitative estimate of drug-likeness (QED) is 0.494. The van der Waals surface area contributed by atoms with Gasteiger partial charge in [-0.15, -0.1) is 0 Å². The van der Waals surface area contributed by atoms with E-state index in [0.717, 1.165) is 11.8 Å². The zero-order valence-corrected chi connectivity index (χ0v) is 12.4. The summed E-state index contributed by atoms with van der Waals surface area (Å²) in [6.45, 7) is 0.342. The zero-order valence-electron chi connectivity index (χ0n) is 12.4. The molecule has 6 nitrogen and oxygen atoms in total. The minimum Gasteiger partial charge on any atom is -0.497 e. The van der Waals surface area contributed by atoms with Crippen molar-refractivity contribution >= 4 is 17.2 Å². The Bertz CT molecular complexity index is 799. The fraction of sp³-hybridized carbons (Fsp3) is 0.118. The molecule has 116 valence electrons. The molecule has 1 aliphatic rings. The van der Waals surface area contributed by atoms with E-state index in [-0.39, 0.29) is 11.5 Å². The molecule has 2 aromatic carbocycles. The Balaban J connectivity index is 2.07. The first-order valence-electron chi connectivity index (χ1n) is 6.99. The number of nitrogens with zero attached hydrogens (tertiary/aromatic N) is 2. The van der Waals surface area contributed by atoms with Crippen LogP contribution < -0.4 is 9.64 Å². The Labute approximate surface area is 132 Å². The molecule has 23 heavy (non-hydrogen) atoms. The number of ether oxygens (including phenoxy) is 1. The molecule has 0 N–H and O–H groups in total. The van der Waals surface area contributed by atoms with Crippen LogP contribution in [-0.4, -0.2) is 17.9 Å². The summed E-state index contributed by atoms with van der Waals surface area (Å²) >= 11 is 0. The molecule has 0 fully saturated rings. The summed E-state index contributed by atoms with van der Waals surface area (Å²) in [5.41, 5.74) is 2.19. The van der Waals surface area contributed by atoms with Crippen LogP contribution in [0.25, 0.3) is 5.57 Å². The van der Waals surface area contributed by atoms with Gasteiger partial charge < -0.3 is 9.64 Å². The van der Waals surface area contributed by atoms with E-state index >= 15 is 0 Å². The summed E-state index contributed by atoms with van der Waals surface area (Å²) in [7, 11) is 1.54. The number of methoxy groups -OCH3 is 1. The molecule has 3 rings (SSSR count). The average Bonchev–Trinajstić information content (AvgIpc) is 2.80. The molecule has 0 unspecified atom stereocenters. The molecule has 1 amide bonds. The lowest BCUT2D eigenvalue weighted by atomic mass is 10.1. The van der Waals surface area contributed by atoms with E-state index in [1.54, 1.807) is 18.2 Å². The number of nitro groups is 1. The number of carbonyl (C=O) groups is 1. The van der Waals surface area contributed by atoms with Gasteiger partial charge in [0.05, 0.1) is 24.3 Å². The maximum atomic E-state index is 12.6. The van der Waals surface area contributed by atoms with Crippen LogP contribution in [0.1, 0.15) is 11.1 Å². The van der Waals surface area contributed by atoms with Gasteiger partial charge in [0, 0.05) is 11.6 Å². The van der Waals surface area contributed by atoms with E-state index in [2.05, 4.69) is 0 Å². The van der Waals surface area contributed by atoms with Gasteiger partial charge in [-0.25, -0.2) is 0 Å². The van der Waals surface area contributed by atoms with Gasteiger partial charge >= 0.3 is 0 Å². The lowest BCUT2D eigenvalue weighted by molar-refractivity contribution is -0.401. The monoisotopic (exact) mass is 310 g/mol. The Hall–Kier alpha value is -3.15. The first kappa shape index (κ1) is 14.8. The van der Waals surface area contributed by atoms with Gasteiger partial charge in [0.1, 0.15) is 11.3 Å². The van der Waals surface area contributed by atoms with Crippen molar-refractivity contribution in [2.45, 2.75) is 6.54 Å². The average molecular weight is 310 g/mol. The predicted molar refractivity (Wildman–Crippen MR) is 85.6 cm³/mol. The third kappa shape index (κ3) is 2.78. The summed E-state index contributed by atoms with van der Waals surface area (Å²) in [5, 5.41) is 10.8. The summed E-state index contributed by atoms with van der Waals surface area (Å²) in [4.78, 5) is 24.4. The predicted octanol–water partition coefficient (Wildman–Crippen LogP) is 2.86. The molecule has 6 heteroatoms. The number of rotatable bonds is 4. The van der Waals surface area contributed by atoms with Crippen LogP contribution >= 0.6 is 0 Å². The number of benzene rings is 2. The number of hydrogen-bond donors (Lipinski definition) is 0. The highest BCUT2D eigenvalue weighted by Gasteiger charge is 2.34. The van der Waals surface area contributed by atoms with Crippen LogP contribution in [0.2, 0.25) is 0 Å². The third-order valence-corrected chi connectivity index (χ3v) is 3.68. The minimum atomic E-state index is -0.604. The lowest BCUT2D eigenvalue weighted by Gasteiger charge is -2.17. The van der Waals surface area contributed by atoms with Gasteiger partial charge in [0.2, 0.25) is 6.20 Å². The van der Waals surface area contributed by atoms with E-state index in [4.69, 9.17) is 4.74 Å². The topological polar surface area (TPSA) is 72.7 Å². The second-order valence-electron chi connectivity index (χ2n) is 5.09. The van der Waals surface area contributed by atoms with E-state index in [0.29, 0.717) is 23.5 Å². The Morgan fingerprint density at radius 2 is 1.96 bits per heavy atom. The SMILES string of the molecule is COc1ccc2c(c1)N(Cc1ccccc1)C(=O)/C2=C/[N+](=O)[O-]. The van der Waals surface area contributed by atoms with Crippen molar-refractivity contribution in [3.8, 4) is 5.75 Å². The summed E-state index contributed by atoms with van der Waals surface area (Å²) in [5.74, 6) is 0.214. The van der Waals surface area contributed by atoms with E-state index in [1.807, 2.05) is 30.3 Å². The Morgan fingerprint density at radius 3 is 2.61 bits per heavy atom. The highest BCUT2D eigenvalue weighted by atomic mass is 16.6. The Kier molecular flexibility index (Phi) is 3.80. The largest absolute Gasteiger partial charge is 0.497 e. The fourth-order valence-electron chi connectivity index (χ4n) is 2.61. The standard InChI is InChI=1S/C17H14N2O4/c1-23-13-7-8-14-15(11-19(21)22)17(20)18(16(14)9-13)10-12-5-3-2-4-6-12/h2-9,11H,10H2,1H3/b15-11+. The molecule has 0 saturated heterocycles. The normalized spacial score (nSPS) is 14.9. The van der Waals surface area contributed by atoms with E-state index < -0.39 is 4.92 Å². The second-order valence-corrected chi connectivity index (χ2v) is 5.09. The number of amides is 1. The van der Waals surface area contributed by atoms with Gasteiger partial charge in [-0.05, 0) is 17.7 Å². The number of anilines is 1. The van der Waals surface area contributed by atoms with E-state index in [9.17, 15) is 14.9 Å². The molecular weight excluding hydrogens is 296 g/mol. The molecular formula is C17H14N2O4. The van der Waals surface area contributed by atoms with Crippen LogP contribution in [0.5, 0.6) is 5.75 Å². The molecule has 0 saturated carbocycles. The van der Waals surface area contributed by atoms with Crippen molar-refractivity contribution in [1.29, 1.82) is 0 Å². The number of hydrogen-bond acceptors (Lipinski definition) is 4. The molecule has 0 atom stereocenters. The molecule has 0 aromatic heterocycles. The second kappa shape index (κ2) is 5.92. The molecule has 0 radical (unpaired) electrons. The summed E-state index contributed by atoms with van der Waals surface area (Å²) in [6.07, 6.45) is 0.763. The highest BCUT2D eigenvalue weighted by molar-refractivity contribution is 6.32. The molecule has 1 heterocycles. The maximum absolute atomic E-state index is 12.6. The van der Waals surface area contributed by atoms with Crippen molar-refractivity contribution in [1.82, 2.24) is 0 Å². The van der Waals surface area contributed by atoms with E-state index in [1.165, 1.54) is 12.0 Å². The van der Waals surface area contributed by atoms with Gasteiger partial charge in [-0.3, -0.25) is 14.9 Å². The minimum absolute atomic E-state index is 0.0867. The smallest absolute Gasteiger partial charge is 0.265 e. The van der Waals surface area contributed by atoms with Crippen LogP contribution in [0, 0.1) is 10.1 Å². The fourth-order valence-corrected chi connectivity index (χ4v) is 2.61. The van der Waals surface area contributed by atoms with Crippen molar-refractivity contribution in [3.05, 3.63) is 76.0 Å². The van der Waals surface area contributed by atoms with Crippen LogP contribution in [-0.2, 0) is 11.3 Å². The van der Waals surface area contributed by atoms with Gasteiger partial charge in [-0.2, -0.15) is 0 Å². The van der Waals surface area contributed by atoms with Crippen LogP contribution in [0.15, 0.2) is 54.7 Å². The highest BCUT2D eigenvalue weighted by Crippen LogP contribution is 2.39. The van der Waals surface area contributed by atoms with Crippen molar-refractivity contribution in [3.63, 3.8) is 0 Å². The molecule has 0 spiro atoms. The maximum Gasteiger partial charge on any atom is 0.265 e. The first-order valence-corrected chi connectivity index (χ1v) is 6.99. The van der Waals surface area contributed by atoms with Gasteiger partial charge in [0.25, 0.3) is 5.91 Å². The summed E-state index contributed by atoms with van der Waals surface area (Å²) < 4.78 is 5.20. The molecule has 1 aliphatic heterocycles. The van der Waals surface area contributed by atoms with Crippen molar-refractivity contribution in [2.24, 2.45) is 0 Å². The first-order chi connectivity index (χ1) is 11.1. The van der Waals surface area contributed by atoms with Crippen molar-refractivity contribution < 1.29 is 14.5 Å². The number of fused-ring (bicyclic) bond motifs is 1. The molecule has 2 aromatic rings. The van der Waals surface area contributed by atoms with Gasteiger partial charge in [-0.1, -0.05) is 30.3 Å². The molecule has 0 bridgehead atoms. The van der Waals surface area contributed by atoms with Crippen molar-refractivity contribution in [2.75, 3.05) is 12.0 Å². The number of carbonyl (C=O) groups excluding carboxylic acids is 1. The zero-order chi connectivity index (χ0) is 16.4. The molecule has 0 aliphatic carbocycles. The van der Waals surface area contributed by atoms with Gasteiger partial charge in [0.15, 0.2) is 0 Å². The van der Waals surface area contributed by atoms with Crippen LogP contribution in [0.4, 0.5) is 5.69 Å². The van der Waals surface area contributed by atoms with Crippen LogP contribution in [0.3, 0.4) is 0 Å². The Morgan fingerprint density at radius 1 is 1.22 bits per heavy atom. The summed E-state index contributed by atoms with van der Waals surface area (Å²) in [6, 6.07) is 14.6. The lowest BCUT2D eigenvalue weighted by Crippen LogP contribution is -2.25.